The minimum absolute atomic E-state index is 0.00879. The molecular weight excluding hydrogens is 453 g/mol. The first kappa shape index (κ1) is 24.7. The van der Waals surface area contributed by atoms with Gasteiger partial charge in [-0.2, -0.15) is 0 Å². The highest BCUT2D eigenvalue weighted by Crippen LogP contribution is 2.27. The molecule has 0 saturated carbocycles. The van der Waals surface area contributed by atoms with Crippen LogP contribution in [0.15, 0.2) is 48.5 Å². The molecule has 0 bridgehead atoms. The number of nitrogens with one attached hydrogen (secondary N) is 1. The van der Waals surface area contributed by atoms with Crippen LogP contribution in [0.5, 0.6) is 0 Å². The van der Waals surface area contributed by atoms with Crippen molar-refractivity contribution >= 4 is 22.6 Å². The third kappa shape index (κ3) is 5.24. The highest BCUT2D eigenvalue weighted by atomic mass is 19.1. The molecule has 3 heterocycles. The third-order valence-corrected chi connectivity index (χ3v) is 8.05. The van der Waals surface area contributed by atoms with Crippen LogP contribution >= 0.6 is 0 Å². The summed E-state index contributed by atoms with van der Waals surface area (Å²) >= 11 is 0. The number of hydrogen-bond acceptors (Lipinski definition) is 3. The molecule has 2 aliphatic heterocycles. The molecule has 1 N–H and O–H groups in total. The van der Waals surface area contributed by atoms with Crippen molar-refractivity contribution in [2.24, 2.45) is 5.92 Å². The molecule has 0 aliphatic carbocycles. The predicted octanol–water partition coefficient (Wildman–Crippen LogP) is 6.02. The standard InChI is InChI=1S/C30H36FN3O2/c1-20(2)23-5-6-24-19-28(32-27(24)18-23)30(36)34-14-3-4-26(34)13-17-33-15-11-22(12-16-33)29(35)21-7-9-25(31)10-8-21/h5-10,18-20,22,26,32H,3-4,11-17H2,1-2H3/t26-/m0/s1. The van der Waals surface area contributed by atoms with Crippen molar-refractivity contribution in [1.29, 1.82) is 0 Å². The lowest BCUT2D eigenvalue weighted by molar-refractivity contribution is 0.0700. The quantitative estimate of drug-likeness (QED) is 0.413. The van der Waals surface area contributed by atoms with Gasteiger partial charge >= 0.3 is 0 Å². The van der Waals surface area contributed by atoms with E-state index < -0.39 is 0 Å². The number of aromatic amines is 1. The molecule has 2 saturated heterocycles. The Labute approximate surface area is 212 Å². The third-order valence-electron chi connectivity index (χ3n) is 8.05. The number of ketones is 1. The van der Waals surface area contributed by atoms with E-state index in [1.54, 1.807) is 12.1 Å². The van der Waals surface area contributed by atoms with Gasteiger partial charge in [0.25, 0.3) is 5.91 Å². The van der Waals surface area contributed by atoms with Crippen LogP contribution in [0.4, 0.5) is 4.39 Å². The molecule has 1 atom stereocenters. The molecule has 0 radical (unpaired) electrons. The van der Waals surface area contributed by atoms with E-state index in [-0.39, 0.29) is 29.5 Å². The lowest BCUT2D eigenvalue weighted by Crippen LogP contribution is -2.41. The fraction of sp³-hybridized carbons (Fsp3) is 0.467. The van der Waals surface area contributed by atoms with Crippen LogP contribution in [0.25, 0.3) is 10.9 Å². The monoisotopic (exact) mass is 489 g/mol. The zero-order valence-electron chi connectivity index (χ0n) is 21.3. The Morgan fingerprint density at radius 3 is 2.47 bits per heavy atom. The molecule has 3 aromatic rings. The minimum atomic E-state index is -0.314. The number of hydrogen-bond donors (Lipinski definition) is 1. The van der Waals surface area contributed by atoms with Crippen molar-refractivity contribution in [2.45, 2.75) is 57.9 Å². The first-order valence-corrected chi connectivity index (χ1v) is 13.3. The summed E-state index contributed by atoms with van der Waals surface area (Å²) in [7, 11) is 0. The van der Waals surface area contributed by atoms with Gasteiger partial charge in [-0.25, -0.2) is 4.39 Å². The summed E-state index contributed by atoms with van der Waals surface area (Å²) in [6.07, 6.45) is 4.71. The van der Waals surface area contributed by atoms with Crippen molar-refractivity contribution in [2.75, 3.05) is 26.2 Å². The molecule has 2 aliphatic rings. The highest BCUT2D eigenvalue weighted by Gasteiger charge is 2.31. The topological polar surface area (TPSA) is 56.4 Å². The van der Waals surface area contributed by atoms with Gasteiger partial charge in [-0.1, -0.05) is 26.0 Å². The Bertz CT molecular complexity index is 1220. The number of nitrogens with zero attached hydrogens (tertiary/aromatic N) is 2. The van der Waals surface area contributed by atoms with Crippen LogP contribution in [-0.2, 0) is 0 Å². The van der Waals surface area contributed by atoms with Crippen molar-refractivity contribution in [3.05, 3.63) is 71.2 Å². The van der Waals surface area contributed by atoms with Crippen molar-refractivity contribution < 1.29 is 14.0 Å². The summed E-state index contributed by atoms with van der Waals surface area (Å²) in [6.45, 7) is 7.88. The summed E-state index contributed by atoms with van der Waals surface area (Å²) in [5.74, 6) is 0.371. The molecule has 0 unspecified atom stereocenters. The molecule has 2 fully saturated rings. The summed E-state index contributed by atoms with van der Waals surface area (Å²) in [5, 5.41) is 1.08. The maximum absolute atomic E-state index is 13.4. The molecule has 1 aromatic heterocycles. The first-order valence-electron chi connectivity index (χ1n) is 13.3. The number of benzene rings is 2. The minimum Gasteiger partial charge on any atom is -0.351 e. The Morgan fingerprint density at radius 2 is 1.75 bits per heavy atom. The molecule has 6 heteroatoms. The summed E-state index contributed by atoms with van der Waals surface area (Å²) < 4.78 is 13.2. The van der Waals surface area contributed by atoms with Crippen LogP contribution < -0.4 is 0 Å². The fourth-order valence-corrected chi connectivity index (χ4v) is 5.78. The summed E-state index contributed by atoms with van der Waals surface area (Å²) in [5.41, 5.74) is 3.58. The van der Waals surface area contributed by atoms with Crippen LogP contribution in [0, 0.1) is 11.7 Å². The van der Waals surface area contributed by atoms with Crippen molar-refractivity contribution in [1.82, 2.24) is 14.8 Å². The van der Waals surface area contributed by atoms with Crippen LogP contribution in [0.3, 0.4) is 0 Å². The number of Topliss-reactive ketones (excluding diaryl/α,β-unsaturated/α-hetero) is 1. The van der Waals surface area contributed by atoms with Crippen molar-refractivity contribution in [3.8, 4) is 0 Å². The predicted molar refractivity (Wildman–Crippen MR) is 141 cm³/mol. The molecule has 190 valence electrons. The van der Waals surface area contributed by atoms with Gasteiger partial charge in [-0.05, 0) is 93.1 Å². The molecule has 0 spiro atoms. The summed E-state index contributed by atoms with van der Waals surface area (Å²) in [6, 6.07) is 14.5. The largest absolute Gasteiger partial charge is 0.351 e. The number of carbonyl (C=O) groups excluding carboxylic acids is 2. The maximum Gasteiger partial charge on any atom is 0.270 e. The second-order valence-electron chi connectivity index (χ2n) is 10.8. The second kappa shape index (κ2) is 10.6. The van der Waals surface area contributed by atoms with Gasteiger partial charge in [0, 0.05) is 41.5 Å². The molecule has 2 aromatic carbocycles. The number of H-pyrrole nitrogens is 1. The van der Waals surface area contributed by atoms with Gasteiger partial charge < -0.3 is 14.8 Å². The number of likely N-dealkylation sites (tertiary alicyclic amines) is 2. The number of halogens is 1. The lowest BCUT2D eigenvalue weighted by Gasteiger charge is -2.33. The Hall–Kier alpha value is -2.99. The zero-order valence-corrected chi connectivity index (χ0v) is 21.3. The average molecular weight is 490 g/mol. The zero-order chi connectivity index (χ0) is 25.2. The highest BCUT2D eigenvalue weighted by molar-refractivity contribution is 5.99. The Kier molecular flexibility index (Phi) is 7.24. The van der Waals surface area contributed by atoms with Crippen LogP contribution in [0.2, 0.25) is 0 Å². The van der Waals surface area contributed by atoms with E-state index >= 15 is 0 Å². The van der Waals surface area contributed by atoms with Gasteiger partial charge in [-0.3, -0.25) is 9.59 Å². The van der Waals surface area contributed by atoms with E-state index in [1.807, 2.05) is 6.07 Å². The fourth-order valence-electron chi connectivity index (χ4n) is 5.78. The van der Waals surface area contributed by atoms with E-state index in [9.17, 15) is 14.0 Å². The van der Waals surface area contributed by atoms with Gasteiger partial charge in [-0.15, -0.1) is 0 Å². The van der Waals surface area contributed by atoms with Crippen LogP contribution in [-0.4, -0.2) is 58.7 Å². The molecule has 36 heavy (non-hydrogen) atoms. The van der Waals surface area contributed by atoms with E-state index in [0.29, 0.717) is 17.2 Å². The smallest absolute Gasteiger partial charge is 0.270 e. The molecular formula is C30H36FN3O2. The first-order chi connectivity index (χ1) is 17.4. The number of carbonyl (C=O) groups is 2. The lowest BCUT2D eigenvalue weighted by atomic mass is 9.88. The molecule has 5 rings (SSSR count). The molecule has 5 nitrogen and oxygen atoms in total. The summed E-state index contributed by atoms with van der Waals surface area (Å²) in [4.78, 5) is 34.0. The number of rotatable bonds is 7. The normalized spacial score (nSPS) is 19.4. The SMILES string of the molecule is CC(C)c1ccc2cc(C(=O)N3CCC[C@H]3CCN3CCC(C(=O)c4ccc(F)cc4)CC3)[nH]c2c1. The van der Waals surface area contributed by atoms with E-state index in [4.69, 9.17) is 0 Å². The Balaban J connectivity index is 1.15. The number of amides is 1. The number of piperidine rings is 1. The van der Waals surface area contributed by atoms with Gasteiger partial charge in [0.05, 0.1) is 0 Å². The molecule has 1 amide bonds. The van der Waals surface area contributed by atoms with Crippen LogP contribution in [0.1, 0.15) is 78.3 Å². The van der Waals surface area contributed by atoms with Gasteiger partial charge in [0.2, 0.25) is 0 Å². The Morgan fingerprint density at radius 1 is 1.00 bits per heavy atom. The maximum atomic E-state index is 13.4. The number of fused-ring (bicyclic) bond motifs is 1. The van der Waals surface area contributed by atoms with Gasteiger partial charge in [0.15, 0.2) is 5.78 Å². The second-order valence-corrected chi connectivity index (χ2v) is 10.8. The van der Waals surface area contributed by atoms with E-state index in [2.05, 4.69) is 46.8 Å². The number of aromatic nitrogens is 1. The average Bonchev–Trinajstić information content (AvgIpc) is 3.54. The van der Waals surface area contributed by atoms with Gasteiger partial charge in [0.1, 0.15) is 11.5 Å². The van der Waals surface area contributed by atoms with E-state index in [0.717, 1.165) is 69.2 Å². The van der Waals surface area contributed by atoms with E-state index in [1.165, 1.54) is 17.7 Å². The van der Waals surface area contributed by atoms with Crippen molar-refractivity contribution in [3.63, 3.8) is 0 Å².